The van der Waals surface area contributed by atoms with Gasteiger partial charge in [0.1, 0.15) is 48.8 Å². The molecule has 3 aliphatic heterocycles. The topological polar surface area (TPSA) is 384 Å². The van der Waals surface area contributed by atoms with Crippen LogP contribution in [0.3, 0.4) is 0 Å². The number of aliphatic hydroxyl groups is 6. The van der Waals surface area contributed by atoms with Crippen LogP contribution < -0.4 is 11.5 Å². The van der Waals surface area contributed by atoms with Crippen LogP contribution in [0.1, 0.15) is 0 Å². The molecule has 0 bridgehead atoms. The maximum atomic E-state index is 12.1. The Labute approximate surface area is 242 Å². The minimum Gasteiger partial charge on any atom is -0.479 e. The highest BCUT2D eigenvalue weighted by Crippen LogP contribution is 2.33. The SMILES string of the molecule is N[C@@H]1[C@@H](O)[C@H](O[C@@H]2O[C@@H](C(=O)O)[C@@H](O[C@H]3O[C@H](COS(=O)(=O)O)[C@@H](O)[C@H](O)[C@H]3N)[C@H](O)[C@H]2OS(=O)(=O)O)[C@@H](CO)O[C@@H]1O. The Hall–Kier alpha value is -1.31. The molecule has 0 aliphatic carbocycles. The monoisotopic (exact) mass is 676 g/mol. The summed E-state index contributed by atoms with van der Waals surface area (Å²) in [5.74, 6) is -1.91. The number of aliphatic hydroxyl groups excluding tert-OH is 6. The van der Waals surface area contributed by atoms with Crippen LogP contribution in [0.25, 0.3) is 0 Å². The van der Waals surface area contributed by atoms with Crippen LogP contribution in [0.4, 0.5) is 0 Å². The number of hydrogen-bond donors (Lipinski definition) is 11. The van der Waals surface area contributed by atoms with Crippen molar-refractivity contribution in [2.24, 2.45) is 11.5 Å². The average Bonchev–Trinajstić information content (AvgIpc) is 2.89. The predicted octanol–water partition coefficient (Wildman–Crippen LogP) is -7.89. The van der Waals surface area contributed by atoms with Gasteiger partial charge < -0.3 is 70.9 Å². The first kappa shape index (κ1) is 36.2. The number of carboxylic acid groups (broad SMARTS) is 1. The van der Waals surface area contributed by atoms with E-state index in [1.165, 1.54) is 0 Å². The molecule has 3 aliphatic rings. The van der Waals surface area contributed by atoms with Crippen molar-refractivity contribution >= 4 is 26.8 Å². The van der Waals surface area contributed by atoms with Gasteiger partial charge in [0.25, 0.3) is 0 Å². The summed E-state index contributed by atoms with van der Waals surface area (Å²) in [5.41, 5.74) is 11.4. The van der Waals surface area contributed by atoms with Crippen molar-refractivity contribution in [2.75, 3.05) is 13.2 Å². The Morgan fingerprint density at radius 1 is 0.721 bits per heavy atom. The second-order valence-electron chi connectivity index (χ2n) is 9.57. The highest BCUT2D eigenvalue weighted by molar-refractivity contribution is 7.81. The van der Waals surface area contributed by atoms with Crippen LogP contribution in [0.15, 0.2) is 0 Å². The Bertz CT molecular complexity index is 1170. The summed E-state index contributed by atoms with van der Waals surface area (Å²) in [6.45, 7) is -2.05. The zero-order chi connectivity index (χ0) is 32.6. The molecule has 3 saturated heterocycles. The number of hydrogen-bond acceptors (Lipinski definition) is 20. The van der Waals surface area contributed by atoms with Gasteiger partial charge in [-0.1, -0.05) is 0 Å². The molecule has 0 aromatic heterocycles. The quantitative estimate of drug-likeness (QED) is 0.0905. The number of carbonyl (C=O) groups is 1. The van der Waals surface area contributed by atoms with Gasteiger partial charge in [-0.25, -0.2) is 13.2 Å². The van der Waals surface area contributed by atoms with Gasteiger partial charge in [0.2, 0.25) is 0 Å². The maximum Gasteiger partial charge on any atom is 0.397 e. The van der Waals surface area contributed by atoms with Crippen molar-refractivity contribution in [3.8, 4) is 0 Å². The maximum absolute atomic E-state index is 12.1. The van der Waals surface area contributed by atoms with Crippen LogP contribution in [0.5, 0.6) is 0 Å². The summed E-state index contributed by atoms with van der Waals surface area (Å²) in [6.07, 6.45) is -26.6. The third-order valence-electron chi connectivity index (χ3n) is 6.63. The first-order valence-corrected chi connectivity index (χ1v) is 14.8. The Kier molecular flexibility index (Phi) is 11.8. The van der Waals surface area contributed by atoms with E-state index in [0.29, 0.717) is 0 Å². The van der Waals surface area contributed by atoms with Gasteiger partial charge in [-0.15, -0.1) is 0 Å². The van der Waals surface area contributed by atoms with Gasteiger partial charge in [-0.2, -0.15) is 16.8 Å². The van der Waals surface area contributed by atoms with Gasteiger partial charge in [0.05, 0.1) is 25.3 Å². The summed E-state index contributed by atoms with van der Waals surface area (Å²) in [4.78, 5) is 12.1. The third-order valence-corrected chi connectivity index (χ3v) is 7.53. The summed E-state index contributed by atoms with van der Waals surface area (Å²) < 4.78 is 97.9. The summed E-state index contributed by atoms with van der Waals surface area (Å²) in [5, 5.41) is 71.0. The van der Waals surface area contributed by atoms with E-state index < -0.39 is 132 Å². The van der Waals surface area contributed by atoms with E-state index in [1.807, 2.05) is 0 Å². The first-order valence-electron chi connectivity index (χ1n) is 12.1. The fraction of sp³-hybridized carbons (Fsp3) is 0.944. The van der Waals surface area contributed by atoms with Crippen molar-refractivity contribution in [3.05, 3.63) is 0 Å². The lowest BCUT2D eigenvalue weighted by atomic mass is 9.95. The minimum absolute atomic E-state index is 0.938. The lowest BCUT2D eigenvalue weighted by molar-refractivity contribution is -0.356. The molecule has 0 radical (unpaired) electrons. The molecule has 3 heterocycles. The normalized spacial score (nSPS) is 44.7. The lowest BCUT2D eigenvalue weighted by Crippen LogP contribution is -2.69. The zero-order valence-electron chi connectivity index (χ0n) is 21.5. The molecule has 0 aromatic carbocycles. The fourth-order valence-corrected chi connectivity index (χ4v) is 5.27. The average molecular weight is 677 g/mol. The van der Waals surface area contributed by atoms with Crippen molar-refractivity contribution in [3.63, 3.8) is 0 Å². The van der Waals surface area contributed by atoms with Crippen LogP contribution in [0, 0.1) is 0 Å². The number of aliphatic carboxylic acids is 1. The lowest BCUT2D eigenvalue weighted by Gasteiger charge is -2.48. The molecule has 23 nitrogen and oxygen atoms in total. The van der Waals surface area contributed by atoms with Gasteiger partial charge in [-0.05, 0) is 0 Å². The van der Waals surface area contributed by atoms with Crippen molar-refractivity contribution < 1.29 is 98.5 Å². The summed E-state index contributed by atoms with van der Waals surface area (Å²) in [7, 11) is -10.6. The van der Waals surface area contributed by atoms with E-state index in [4.69, 9.17) is 39.7 Å². The van der Waals surface area contributed by atoms with Crippen molar-refractivity contribution in [2.45, 2.75) is 92.0 Å². The second-order valence-corrected chi connectivity index (χ2v) is 11.7. The molecule has 3 fully saturated rings. The fourth-order valence-electron chi connectivity index (χ4n) is 4.47. The Morgan fingerprint density at radius 2 is 1.33 bits per heavy atom. The number of ether oxygens (including phenoxy) is 5. The molecule has 43 heavy (non-hydrogen) atoms. The van der Waals surface area contributed by atoms with Crippen LogP contribution in [-0.2, 0) is 57.6 Å². The minimum atomic E-state index is -5.49. The zero-order valence-corrected chi connectivity index (χ0v) is 23.1. The molecule has 13 N–H and O–H groups in total. The molecule has 15 atom stereocenters. The first-order chi connectivity index (χ1) is 19.8. The Balaban J connectivity index is 1.91. The van der Waals surface area contributed by atoms with E-state index in [2.05, 4.69) is 8.37 Å². The molecule has 0 amide bonds. The van der Waals surface area contributed by atoms with Crippen molar-refractivity contribution in [1.82, 2.24) is 0 Å². The molecule has 0 saturated carbocycles. The molecule has 0 aromatic rings. The van der Waals surface area contributed by atoms with Gasteiger partial charge >= 0.3 is 26.8 Å². The summed E-state index contributed by atoms with van der Waals surface area (Å²) in [6, 6.07) is -3.32. The third kappa shape index (κ3) is 8.70. The van der Waals surface area contributed by atoms with E-state index in [-0.39, 0.29) is 0 Å². The molecular weight excluding hydrogens is 644 g/mol. The second kappa shape index (κ2) is 14.0. The highest BCUT2D eigenvalue weighted by Gasteiger charge is 2.56. The molecule has 252 valence electrons. The van der Waals surface area contributed by atoms with Crippen LogP contribution >= 0.6 is 0 Å². The number of nitrogens with two attached hydrogens (primary N) is 2. The van der Waals surface area contributed by atoms with E-state index in [0.717, 1.165) is 0 Å². The number of carboxylic acids is 1. The van der Waals surface area contributed by atoms with Gasteiger partial charge in [-0.3, -0.25) is 9.11 Å². The van der Waals surface area contributed by atoms with Crippen LogP contribution in [0.2, 0.25) is 0 Å². The van der Waals surface area contributed by atoms with Gasteiger partial charge in [0, 0.05) is 0 Å². The molecule has 3 rings (SSSR count). The summed E-state index contributed by atoms with van der Waals surface area (Å²) >= 11 is 0. The Morgan fingerprint density at radius 3 is 1.86 bits per heavy atom. The predicted molar refractivity (Wildman–Crippen MR) is 127 cm³/mol. The van der Waals surface area contributed by atoms with Gasteiger partial charge in [0.15, 0.2) is 31.1 Å². The molecule has 0 spiro atoms. The molecule has 0 unspecified atom stereocenters. The largest absolute Gasteiger partial charge is 0.479 e. The molecular formula is C18H32N2O21S2. The van der Waals surface area contributed by atoms with E-state index >= 15 is 0 Å². The molecule has 25 heteroatoms. The standard InChI is InChI=1S/C18H32N2O21S2/c19-5-9(24)11(3(1-21)36-16(5)28)38-18-13(41-43(32,33)34)10(25)12(14(40-18)15(26)27)39-17-6(20)8(23)7(22)4(37-17)2-35-42(29,30)31/h3-14,16-18,21-25,28H,1-2,19-20H2,(H,26,27)(H,29,30,31)(H,32,33,34)/t3-,4-,5-,6-,7-,8-,9-,10+,11-,12+,13-,14-,16+,17-,18-/m1/s1. The van der Waals surface area contributed by atoms with E-state index in [1.54, 1.807) is 0 Å². The van der Waals surface area contributed by atoms with Crippen LogP contribution in [-0.4, -0.2) is 173 Å². The van der Waals surface area contributed by atoms with Crippen molar-refractivity contribution in [1.29, 1.82) is 0 Å². The highest BCUT2D eigenvalue weighted by atomic mass is 32.3. The van der Waals surface area contributed by atoms with E-state index in [9.17, 15) is 61.9 Å². The number of rotatable bonds is 11. The smallest absolute Gasteiger partial charge is 0.397 e.